The Labute approximate surface area is 76.1 Å². The van der Waals surface area contributed by atoms with E-state index in [1.807, 2.05) is 11.1 Å². The van der Waals surface area contributed by atoms with Crippen LogP contribution in [0.25, 0.3) is 0 Å². The van der Waals surface area contributed by atoms with Gasteiger partial charge in [-0.3, -0.25) is 0 Å². The van der Waals surface area contributed by atoms with E-state index in [-0.39, 0.29) is 0 Å². The normalized spacial score (nSPS) is 51.0. The molecule has 0 heteroatoms. The topological polar surface area (TPSA) is 0 Å². The molecule has 0 heterocycles. The van der Waals surface area contributed by atoms with E-state index in [1.54, 1.807) is 0 Å². The van der Waals surface area contributed by atoms with Crippen molar-refractivity contribution >= 4 is 0 Å². The molecular weight excluding hydrogens is 144 g/mol. The van der Waals surface area contributed by atoms with E-state index in [4.69, 9.17) is 0 Å². The van der Waals surface area contributed by atoms with Crippen molar-refractivity contribution in [2.45, 2.75) is 53.4 Å². The van der Waals surface area contributed by atoms with Gasteiger partial charge < -0.3 is 0 Å². The lowest BCUT2D eigenvalue weighted by atomic mass is 10.0. The van der Waals surface area contributed by atoms with Gasteiger partial charge in [0.2, 0.25) is 0 Å². The molecule has 0 spiro atoms. The predicted molar refractivity (Wildman–Crippen MR) is 53.1 cm³/mol. The Balaban J connectivity index is 2.15. The highest BCUT2D eigenvalue weighted by Crippen LogP contribution is 2.67. The van der Waals surface area contributed by atoms with Crippen molar-refractivity contribution in [3.05, 3.63) is 11.1 Å². The summed E-state index contributed by atoms with van der Waals surface area (Å²) in [6, 6.07) is 0. The molecule has 0 N–H and O–H groups in total. The van der Waals surface area contributed by atoms with Gasteiger partial charge in [0, 0.05) is 0 Å². The largest absolute Gasteiger partial charge is 0.0645 e. The second-order valence-electron chi connectivity index (χ2n) is 5.14. The molecule has 0 radical (unpaired) electrons. The highest BCUT2D eigenvalue weighted by atomic mass is 14.6. The fraction of sp³-hybridized carbons (Fsp3) is 0.833. The summed E-state index contributed by atoms with van der Waals surface area (Å²) in [6.07, 6.45) is 5.47. The lowest BCUT2D eigenvalue weighted by Gasteiger charge is -2.03. The summed E-state index contributed by atoms with van der Waals surface area (Å²) < 4.78 is 0. The van der Waals surface area contributed by atoms with Crippen LogP contribution in [0.15, 0.2) is 11.1 Å². The van der Waals surface area contributed by atoms with E-state index in [9.17, 15) is 0 Å². The zero-order chi connectivity index (χ0) is 8.98. The molecule has 2 rings (SSSR count). The Morgan fingerprint density at radius 2 is 1.25 bits per heavy atom. The molecule has 2 unspecified atom stereocenters. The van der Waals surface area contributed by atoms with E-state index in [0.717, 1.165) is 0 Å². The van der Waals surface area contributed by atoms with Crippen LogP contribution in [0.2, 0.25) is 0 Å². The molecule has 2 fully saturated rings. The third-order valence-corrected chi connectivity index (χ3v) is 4.27. The van der Waals surface area contributed by atoms with Crippen molar-refractivity contribution in [3.8, 4) is 0 Å². The first kappa shape index (κ1) is 8.34. The van der Waals surface area contributed by atoms with Crippen LogP contribution in [-0.4, -0.2) is 0 Å². The number of allylic oxidation sites excluding steroid dienone is 2. The Hall–Kier alpha value is -0.260. The second kappa shape index (κ2) is 2.16. The van der Waals surface area contributed by atoms with Gasteiger partial charge in [0.1, 0.15) is 0 Å². The fourth-order valence-corrected chi connectivity index (χ4v) is 2.31. The molecule has 0 amide bonds. The molecule has 0 nitrogen and oxygen atoms in total. The van der Waals surface area contributed by atoms with Gasteiger partial charge in [-0.25, -0.2) is 0 Å². The van der Waals surface area contributed by atoms with Crippen LogP contribution < -0.4 is 0 Å². The van der Waals surface area contributed by atoms with Crippen LogP contribution in [0.1, 0.15) is 53.4 Å². The van der Waals surface area contributed by atoms with Crippen LogP contribution in [-0.2, 0) is 0 Å². The van der Waals surface area contributed by atoms with E-state index in [1.165, 1.54) is 25.7 Å². The van der Waals surface area contributed by atoms with Gasteiger partial charge in [-0.2, -0.15) is 0 Å². The summed E-state index contributed by atoms with van der Waals surface area (Å²) in [4.78, 5) is 0. The molecule has 2 aliphatic carbocycles. The molecule has 0 aromatic heterocycles. The van der Waals surface area contributed by atoms with E-state index in [0.29, 0.717) is 10.8 Å². The maximum Gasteiger partial charge on any atom is -0.00784 e. The Morgan fingerprint density at radius 3 is 1.42 bits per heavy atom. The Kier molecular flexibility index (Phi) is 1.50. The van der Waals surface area contributed by atoms with Crippen molar-refractivity contribution in [3.63, 3.8) is 0 Å². The smallest absolute Gasteiger partial charge is 0.00784 e. The summed E-state index contributed by atoms with van der Waals surface area (Å²) >= 11 is 0. The van der Waals surface area contributed by atoms with Crippen molar-refractivity contribution in [1.82, 2.24) is 0 Å². The molecule has 0 aliphatic heterocycles. The standard InChI is InChI=1S/C12H20/c1-5-11(3)7-9(11)10-8-12(10,4)6-2/h5-8H2,1-4H3/b10-9-. The lowest BCUT2D eigenvalue weighted by molar-refractivity contribution is 0.565. The van der Waals surface area contributed by atoms with Crippen molar-refractivity contribution < 1.29 is 0 Å². The lowest BCUT2D eigenvalue weighted by Crippen LogP contribution is -1.91. The number of rotatable bonds is 2. The first-order chi connectivity index (χ1) is 5.56. The maximum absolute atomic E-state index is 2.42. The maximum atomic E-state index is 2.42. The van der Waals surface area contributed by atoms with Gasteiger partial charge in [-0.1, -0.05) is 38.8 Å². The van der Waals surface area contributed by atoms with Crippen molar-refractivity contribution in [2.24, 2.45) is 10.8 Å². The fourth-order valence-electron chi connectivity index (χ4n) is 2.31. The molecule has 12 heavy (non-hydrogen) atoms. The Morgan fingerprint density at radius 1 is 0.917 bits per heavy atom. The second-order valence-corrected chi connectivity index (χ2v) is 5.14. The summed E-state index contributed by atoms with van der Waals surface area (Å²) in [5.41, 5.74) is 4.88. The minimum absolute atomic E-state index is 0.627. The highest BCUT2D eigenvalue weighted by molar-refractivity contribution is 5.47. The van der Waals surface area contributed by atoms with Gasteiger partial charge in [0.05, 0.1) is 0 Å². The molecule has 0 saturated heterocycles. The van der Waals surface area contributed by atoms with Crippen LogP contribution in [0.4, 0.5) is 0 Å². The van der Waals surface area contributed by atoms with Crippen LogP contribution in [0.3, 0.4) is 0 Å². The minimum atomic E-state index is 0.627. The van der Waals surface area contributed by atoms with Crippen LogP contribution >= 0.6 is 0 Å². The average molecular weight is 164 g/mol. The summed E-state index contributed by atoms with van der Waals surface area (Å²) in [6.45, 7) is 9.48. The monoisotopic (exact) mass is 164 g/mol. The number of hydrogen-bond acceptors (Lipinski definition) is 0. The SMILES string of the molecule is CCC1(C)C/C1=C1\CC1(C)CC. The van der Waals surface area contributed by atoms with Crippen molar-refractivity contribution in [1.29, 1.82) is 0 Å². The predicted octanol–water partition coefficient (Wildman–Crippen LogP) is 3.92. The zero-order valence-corrected chi connectivity index (χ0v) is 8.83. The van der Waals surface area contributed by atoms with E-state index >= 15 is 0 Å². The van der Waals surface area contributed by atoms with E-state index in [2.05, 4.69) is 27.7 Å². The molecule has 0 aromatic carbocycles. The summed E-state index contributed by atoms with van der Waals surface area (Å²) in [5.74, 6) is 0. The van der Waals surface area contributed by atoms with Gasteiger partial charge in [-0.15, -0.1) is 0 Å². The van der Waals surface area contributed by atoms with Gasteiger partial charge in [0.15, 0.2) is 0 Å². The molecule has 0 aromatic rings. The first-order valence-electron chi connectivity index (χ1n) is 5.29. The summed E-state index contributed by atoms with van der Waals surface area (Å²) in [7, 11) is 0. The zero-order valence-electron chi connectivity index (χ0n) is 8.83. The minimum Gasteiger partial charge on any atom is -0.0645 e. The van der Waals surface area contributed by atoms with Gasteiger partial charge in [-0.05, 0) is 36.5 Å². The highest BCUT2D eigenvalue weighted by Gasteiger charge is 2.53. The third-order valence-electron chi connectivity index (χ3n) is 4.27. The first-order valence-corrected chi connectivity index (χ1v) is 5.29. The molecule has 2 saturated carbocycles. The molecular formula is C12H20. The Bertz CT molecular complexity index is 223. The average Bonchev–Trinajstić information content (AvgIpc) is 2.90. The van der Waals surface area contributed by atoms with Crippen LogP contribution in [0.5, 0.6) is 0 Å². The quantitative estimate of drug-likeness (QED) is 0.543. The third kappa shape index (κ3) is 0.967. The van der Waals surface area contributed by atoms with Crippen LogP contribution in [0, 0.1) is 10.8 Å². The molecule has 2 aliphatic rings. The summed E-state index contributed by atoms with van der Waals surface area (Å²) in [5, 5.41) is 0. The molecule has 68 valence electrons. The van der Waals surface area contributed by atoms with Gasteiger partial charge >= 0.3 is 0 Å². The van der Waals surface area contributed by atoms with E-state index < -0.39 is 0 Å². The molecule has 0 bridgehead atoms. The molecule has 2 atom stereocenters. The van der Waals surface area contributed by atoms with Crippen molar-refractivity contribution in [2.75, 3.05) is 0 Å². The van der Waals surface area contributed by atoms with Gasteiger partial charge in [0.25, 0.3) is 0 Å². The number of hydrogen-bond donors (Lipinski definition) is 0.